The molecule has 2 atom stereocenters. The maximum absolute atomic E-state index is 11.5. The molecule has 0 bridgehead atoms. The number of nitrogens with one attached hydrogen (secondary N) is 1. The first kappa shape index (κ1) is 13.5. The third-order valence-electron chi connectivity index (χ3n) is 3.57. The lowest BCUT2D eigenvalue weighted by atomic mass is 9.96. The van der Waals surface area contributed by atoms with E-state index >= 15 is 0 Å². The number of rotatable bonds is 5. The Labute approximate surface area is 98.6 Å². The minimum atomic E-state index is -0.597. The molecule has 1 aliphatic heterocycles. The second-order valence-corrected chi connectivity index (χ2v) is 5.04. The van der Waals surface area contributed by atoms with Gasteiger partial charge < -0.3 is 11.1 Å². The lowest BCUT2D eigenvalue weighted by Gasteiger charge is -2.39. The Bertz CT molecular complexity index is 244. The molecule has 1 fully saturated rings. The molecule has 0 radical (unpaired) electrons. The summed E-state index contributed by atoms with van der Waals surface area (Å²) < 4.78 is 0. The first-order valence-electron chi connectivity index (χ1n) is 6.28. The number of carbonyl (C=O) groups excluding carboxylic acids is 1. The van der Waals surface area contributed by atoms with Crippen LogP contribution in [0.15, 0.2) is 0 Å². The molecule has 1 amide bonds. The number of nitrogens with two attached hydrogens (primary N) is 1. The molecule has 1 rings (SSSR count). The normalized spacial score (nSPS) is 26.3. The topological polar surface area (TPSA) is 58.4 Å². The zero-order chi connectivity index (χ0) is 12.2. The van der Waals surface area contributed by atoms with Crippen LogP contribution in [0.25, 0.3) is 0 Å². The Balaban J connectivity index is 2.63. The van der Waals surface area contributed by atoms with E-state index in [-0.39, 0.29) is 5.91 Å². The molecule has 4 heteroatoms. The van der Waals surface area contributed by atoms with Gasteiger partial charge in [-0.05, 0) is 39.8 Å². The van der Waals surface area contributed by atoms with Crippen molar-refractivity contribution in [3.05, 3.63) is 0 Å². The smallest absolute Gasteiger partial charge is 0.238 e. The van der Waals surface area contributed by atoms with Crippen molar-refractivity contribution in [2.45, 2.75) is 51.6 Å². The van der Waals surface area contributed by atoms with Crippen molar-refractivity contribution in [3.8, 4) is 0 Å². The van der Waals surface area contributed by atoms with Gasteiger partial charge in [-0.25, -0.2) is 0 Å². The number of amides is 1. The van der Waals surface area contributed by atoms with E-state index in [1.807, 2.05) is 13.8 Å². The maximum Gasteiger partial charge on any atom is 0.238 e. The van der Waals surface area contributed by atoms with Gasteiger partial charge in [0.05, 0.1) is 0 Å². The molecule has 1 aliphatic rings. The van der Waals surface area contributed by atoms with Crippen molar-refractivity contribution in [2.24, 2.45) is 5.73 Å². The van der Waals surface area contributed by atoms with E-state index in [0.717, 1.165) is 19.6 Å². The molecule has 1 saturated heterocycles. The summed E-state index contributed by atoms with van der Waals surface area (Å²) in [5, 5.41) is 3.21. The molecule has 0 aliphatic carbocycles. The van der Waals surface area contributed by atoms with Gasteiger partial charge >= 0.3 is 0 Å². The van der Waals surface area contributed by atoms with E-state index in [9.17, 15) is 4.79 Å². The first-order chi connectivity index (χ1) is 7.49. The third kappa shape index (κ3) is 3.19. The Morgan fingerprint density at radius 1 is 1.56 bits per heavy atom. The Morgan fingerprint density at radius 2 is 2.25 bits per heavy atom. The number of piperidine rings is 1. The van der Waals surface area contributed by atoms with Crippen molar-refractivity contribution in [3.63, 3.8) is 0 Å². The predicted octanol–water partition coefficient (Wildman–Crippen LogP) is 0.714. The molecule has 1 heterocycles. The van der Waals surface area contributed by atoms with Gasteiger partial charge in [0.1, 0.15) is 5.54 Å². The first-order valence-corrected chi connectivity index (χ1v) is 6.28. The Kier molecular flexibility index (Phi) is 4.74. The van der Waals surface area contributed by atoms with Crippen LogP contribution in [0, 0.1) is 0 Å². The minimum Gasteiger partial charge on any atom is -0.368 e. The van der Waals surface area contributed by atoms with Gasteiger partial charge in [0.25, 0.3) is 0 Å². The molecule has 0 aromatic rings. The van der Waals surface area contributed by atoms with E-state index in [4.69, 9.17) is 5.73 Å². The number of nitrogens with zero attached hydrogens (tertiary/aromatic N) is 1. The van der Waals surface area contributed by atoms with Crippen LogP contribution in [0.2, 0.25) is 0 Å². The van der Waals surface area contributed by atoms with Crippen molar-refractivity contribution in [2.75, 3.05) is 19.6 Å². The zero-order valence-corrected chi connectivity index (χ0v) is 10.8. The number of hydrogen-bond donors (Lipinski definition) is 2. The molecule has 94 valence electrons. The van der Waals surface area contributed by atoms with E-state index in [1.54, 1.807) is 0 Å². The summed E-state index contributed by atoms with van der Waals surface area (Å²) in [6, 6.07) is 0.561. The lowest BCUT2D eigenvalue weighted by molar-refractivity contribution is -0.125. The summed E-state index contributed by atoms with van der Waals surface area (Å²) in [5.74, 6) is -0.257. The van der Waals surface area contributed by atoms with Gasteiger partial charge in [-0.15, -0.1) is 0 Å². The number of carbonyl (C=O) groups is 1. The standard InChI is InChI=1S/C12H25N3O/c1-4-14-12(3,11(13)16)9-15-8-6-5-7-10(15)2/h10,14H,4-9H2,1-3H3,(H2,13,16). The highest BCUT2D eigenvalue weighted by Crippen LogP contribution is 2.19. The van der Waals surface area contributed by atoms with Crippen LogP contribution in [0.5, 0.6) is 0 Å². The van der Waals surface area contributed by atoms with Crippen molar-refractivity contribution >= 4 is 5.91 Å². The number of primary amides is 1. The summed E-state index contributed by atoms with van der Waals surface area (Å²) in [5.41, 5.74) is 4.89. The second-order valence-electron chi connectivity index (χ2n) is 5.04. The number of hydrogen-bond acceptors (Lipinski definition) is 3. The fourth-order valence-electron chi connectivity index (χ4n) is 2.41. The highest BCUT2D eigenvalue weighted by Gasteiger charge is 2.34. The van der Waals surface area contributed by atoms with Gasteiger partial charge in [0, 0.05) is 12.6 Å². The molecular weight excluding hydrogens is 202 g/mol. The molecule has 0 saturated carbocycles. The van der Waals surface area contributed by atoms with Crippen LogP contribution in [0.4, 0.5) is 0 Å². The molecule has 16 heavy (non-hydrogen) atoms. The molecule has 0 spiro atoms. The molecule has 0 aromatic carbocycles. The summed E-state index contributed by atoms with van der Waals surface area (Å²) in [7, 11) is 0. The molecule has 3 N–H and O–H groups in total. The van der Waals surface area contributed by atoms with Crippen LogP contribution in [-0.4, -0.2) is 42.0 Å². The lowest BCUT2D eigenvalue weighted by Crippen LogP contribution is -2.61. The molecule has 4 nitrogen and oxygen atoms in total. The highest BCUT2D eigenvalue weighted by molar-refractivity contribution is 5.84. The number of likely N-dealkylation sites (N-methyl/N-ethyl adjacent to an activating group) is 1. The van der Waals surface area contributed by atoms with E-state index in [0.29, 0.717) is 6.04 Å². The third-order valence-corrected chi connectivity index (χ3v) is 3.57. The van der Waals surface area contributed by atoms with Gasteiger partial charge in [-0.3, -0.25) is 9.69 Å². The van der Waals surface area contributed by atoms with Crippen molar-refractivity contribution in [1.29, 1.82) is 0 Å². The molecule has 0 aromatic heterocycles. The van der Waals surface area contributed by atoms with E-state index in [2.05, 4.69) is 17.1 Å². The summed E-state index contributed by atoms with van der Waals surface area (Å²) >= 11 is 0. The van der Waals surface area contributed by atoms with Gasteiger partial charge in [-0.1, -0.05) is 13.3 Å². The fourth-order valence-corrected chi connectivity index (χ4v) is 2.41. The fraction of sp³-hybridized carbons (Fsp3) is 0.917. The average Bonchev–Trinajstić information content (AvgIpc) is 2.21. The summed E-state index contributed by atoms with van der Waals surface area (Å²) in [6.45, 7) is 8.70. The predicted molar refractivity (Wildman–Crippen MR) is 66.2 cm³/mol. The quantitative estimate of drug-likeness (QED) is 0.727. The van der Waals surface area contributed by atoms with Crippen LogP contribution >= 0.6 is 0 Å². The SMILES string of the molecule is CCNC(C)(CN1CCCCC1C)C(N)=O. The summed E-state index contributed by atoms with van der Waals surface area (Å²) in [4.78, 5) is 13.9. The second kappa shape index (κ2) is 5.64. The maximum atomic E-state index is 11.5. The molecular formula is C12H25N3O. The summed E-state index contributed by atoms with van der Waals surface area (Å²) in [6.07, 6.45) is 3.75. The largest absolute Gasteiger partial charge is 0.368 e. The zero-order valence-electron chi connectivity index (χ0n) is 10.8. The van der Waals surface area contributed by atoms with Crippen LogP contribution in [-0.2, 0) is 4.79 Å². The van der Waals surface area contributed by atoms with Crippen molar-refractivity contribution in [1.82, 2.24) is 10.2 Å². The number of likely N-dealkylation sites (tertiary alicyclic amines) is 1. The van der Waals surface area contributed by atoms with Crippen LogP contribution in [0.1, 0.15) is 40.0 Å². The van der Waals surface area contributed by atoms with Crippen molar-refractivity contribution < 1.29 is 4.79 Å². The van der Waals surface area contributed by atoms with Crippen LogP contribution < -0.4 is 11.1 Å². The van der Waals surface area contributed by atoms with Gasteiger partial charge in [0.15, 0.2) is 0 Å². The molecule has 2 unspecified atom stereocenters. The van der Waals surface area contributed by atoms with Gasteiger partial charge in [0.2, 0.25) is 5.91 Å². The van der Waals surface area contributed by atoms with Crippen LogP contribution in [0.3, 0.4) is 0 Å². The minimum absolute atomic E-state index is 0.257. The van der Waals surface area contributed by atoms with E-state index in [1.165, 1.54) is 19.3 Å². The highest BCUT2D eigenvalue weighted by atomic mass is 16.1. The Hall–Kier alpha value is -0.610. The Morgan fingerprint density at radius 3 is 2.75 bits per heavy atom. The van der Waals surface area contributed by atoms with Gasteiger partial charge in [-0.2, -0.15) is 0 Å². The monoisotopic (exact) mass is 227 g/mol. The average molecular weight is 227 g/mol. The van der Waals surface area contributed by atoms with E-state index < -0.39 is 5.54 Å².